The lowest BCUT2D eigenvalue weighted by molar-refractivity contribution is -0.127. The lowest BCUT2D eigenvalue weighted by Gasteiger charge is -2.14. The van der Waals surface area contributed by atoms with Crippen LogP contribution in [-0.4, -0.2) is 18.2 Å². The molecule has 0 radical (unpaired) electrons. The van der Waals surface area contributed by atoms with Crippen molar-refractivity contribution >= 4 is 23.7 Å². The number of hydrogen-bond donors (Lipinski definition) is 1. The van der Waals surface area contributed by atoms with Crippen molar-refractivity contribution in [3.05, 3.63) is 63.7 Å². The Labute approximate surface area is 147 Å². The van der Waals surface area contributed by atoms with Gasteiger partial charge >= 0.3 is 0 Å². The molecule has 0 saturated carbocycles. The molecule has 0 spiro atoms. The summed E-state index contributed by atoms with van der Waals surface area (Å²) in [6.45, 7) is 7.50. The molecule has 2 rings (SSSR count). The SMILES string of the molecule is Cc1ccc(/C=N/NC(=O)C(C)Oc2cc(C)c(Cl)c(C)c2)cc1. The second-order valence-corrected chi connectivity index (χ2v) is 6.15. The minimum absolute atomic E-state index is 0.316. The number of aryl methyl sites for hydroxylation is 3. The zero-order valence-electron chi connectivity index (χ0n) is 14.3. The number of hydrogen-bond acceptors (Lipinski definition) is 3. The summed E-state index contributed by atoms with van der Waals surface area (Å²) in [5.74, 6) is 0.295. The van der Waals surface area contributed by atoms with E-state index in [1.807, 2.05) is 57.2 Å². The predicted octanol–water partition coefficient (Wildman–Crippen LogP) is 4.18. The second-order valence-electron chi connectivity index (χ2n) is 5.78. The molecule has 0 aliphatic rings. The summed E-state index contributed by atoms with van der Waals surface area (Å²) in [5, 5.41) is 4.67. The molecule has 1 N–H and O–H groups in total. The molecule has 5 heteroatoms. The van der Waals surface area contributed by atoms with Gasteiger partial charge in [-0.1, -0.05) is 41.4 Å². The van der Waals surface area contributed by atoms with E-state index in [-0.39, 0.29) is 5.91 Å². The molecule has 0 aliphatic heterocycles. The summed E-state index contributed by atoms with van der Waals surface area (Å²) in [5.41, 5.74) is 6.40. The fraction of sp³-hybridized carbons (Fsp3) is 0.263. The third kappa shape index (κ3) is 4.83. The number of halogens is 1. The van der Waals surface area contributed by atoms with Crippen molar-refractivity contribution in [2.24, 2.45) is 5.10 Å². The topological polar surface area (TPSA) is 50.7 Å². The van der Waals surface area contributed by atoms with E-state index in [0.717, 1.165) is 16.7 Å². The summed E-state index contributed by atoms with van der Waals surface area (Å²) in [4.78, 5) is 12.1. The number of rotatable bonds is 5. The third-order valence-corrected chi connectivity index (χ3v) is 4.15. The highest BCUT2D eigenvalue weighted by Crippen LogP contribution is 2.26. The highest BCUT2D eigenvalue weighted by atomic mass is 35.5. The number of nitrogens with zero attached hydrogens (tertiary/aromatic N) is 1. The Morgan fingerprint density at radius 2 is 1.75 bits per heavy atom. The summed E-state index contributed by atoms with van der Waals surface area (Å²) < 4.78 is 5.67. The fourth-order valence-corrected chi connectivity index (χ4v) is 2.25. The molecule has 0 bridgehead atoms. The van der Waals surface area contributed by atoms with Crippen molar-refractivity contribution in [1.29, 1.82) is 0 Å². The first-order valence-electron chi connectivity index (χ1n) is 7.70. The lowest BCUT2D eigenvalue weighted by Crippen LogP contribution is -2.33. The molecule has 0 aliphatic carbocycles. The highest BCUT2D eigenvalue weighted by molar-refractivity contribution is 6.32. The first-order valence-corrected chi connectivity index (χ1v) is 8.07. The van der Waals surface area contributed by atoms with Crippen LogP contribution in [0.2, 0.25) is 5.02 Å². The Bertz CT molecular complexity index is 731. The van der Waals surface area contributed by atoms with Gasteiger partial charge in [-0.15, -0.1) is 0 Å². The van der Waals surface area contributed by atoms with Crippen LogP contribution in [0, 0.1) is 20.8 Å². The lowest BCUT2D eigenvalue weighted by atomic mass is 10.1. The molecule has 2 aromatic rings. The number of amides is 1. The van der Waals surface area contributed by atoms with Gasteiger partial charge in [0, 0.05) is 5.02 Å². The number of benzene rings is 2. The van der Waals surface area contributed by atoms with Crippen LogP contribution in [0.3, 0.4) is 0 Å². The Morgan fingerprint density at radius 1 is 1.17 bits per heavy atom. The Morgan fingerprint density at radius 3 is 2.33 bits per heavy atom. The van der Waals surface area contributed by atoms with Crippen molar-refractivity contribution in [2.45, 2.75) is 33.8 Å². The van der Waals surface area contributed by atoms with Crippen LogP contribution in [0.15, 0.2) is 41.5 Å². The molecule has 4 nitrogen and oxygen atoms in total. The number of nitrogens with one attached hydrogen (secondary N) is 1. The van der Waals surface area contributed by atoms with E-state index in [4.69, 9.17) is 16.3 Å². The van der Waals surface area contributed by atoms with Crippen LogP contribution in [-0.2, 0) is 4.79 Å². The molecular weight excluding hydrogens is 324 g/mol. The summed E-state index contributed by atoms with van der Waals surface area (Å²) >= 11 is 6.13. The van der Waals surface area contributed by atoms with Gasteiger partial charge in [0.05, 0.1) is 6.21 Å². The Hall–Kier alpha value is -2.33. The maximum atomic E-state index is 12.1. The van der Waals surface area contributed by atoms with Crippen molar-refractivity contribution in [1.82, 2.24) is 5.43 Å². The van der Waals surface area contributed by atoms with E-state index in [1.165, 1.54) is 5.56 Å². The molecule has 1 unspecified atom stereocenters. The molecule has 0 heterocycles. The van der Waals surface area contributed by atoms with Crippen LogP contribution in [0.4, 0.5) is 0 Å². The maximum absolute atomic E-state index is 12.1. The number of ether oxygens (including phenoxy) is 1. The molecular formula is C19H21ClN2O2. The largest absolute Gasteiger partial charge is 0.481 e. The molecule has 1 atom stereocenters. The third-order valence-electron chi connectivity index (χ3n) is 3.56. The smallest absolute Gasteiger partial charge is 0.280 e. The van der Waals surface area contributed by atoms with E-state index in [1.54, 1.807) is 13.1 Å². The van der Waals surface area contributed by atoms with E-state index in [2.05, 4.69) is 10.5 Å². The van der Waals surface area contributed by atoms with Gasteiger partial charge in [-0.25, -0.2) is 5.43 Å². The van der Waals surface area contributed by atoms with Gasteiger partial charge in [-0.2, -0.15) is 5.10 Å². The summed E-state index contributed by atoms with van der Waals surface area (Å²) in [7, 11) is 0. The van der Waals surface area contributed by atoms with Crippen molar-refractivity contribution in [2.75, 3.05) is 0 Å². The molecule has 2 aromatic carbocycles. The van der Waals surface area contributed by atoms with Crippen molar-refractivity contribution in [3.8, 4) is 5.75 Å². The first-order chi connectivity index (χ1) is 11.4. The van der Waals surface area contributed by atoms with Crippen LogP contribution in [0.1, 0.15) is 29.2 Å². The molecule has 126 valence electrons. The van der Waals surface area contributed by atoms with E-state index < -0.39 is 6.10 Å². The summed E-state index contributed by atoms with van der Waals surface area (Å²) in [6.07, 6.45) is 0.931. The van der Waals surface area contributed by atoms with Gasteiger partial charge in [0.15, 0.2) is 6.10 Å². The monoisotopic (exact) mass is 344 g/mol. The van der Waals surface area contributed by atoms with Gasteiger partial charge in [0.25, 0.3) is 5.91 Å². The Kier molecular flexibility index (Phi) is 5.99. The van der Waals surface area contributed by atoms with Crippen LogP contribution in [0.25, 0.3) is 0 Å². The molecule has 24 heavy (non-hydrogen) atoms. The Balaban J connectivity index is 1.93. The van der Waals surface area contributed by atoms with Gasteiger partial charge in [-0.3, -0.25) is 4.79 Å². The quantitative estimate of drug-likeness (QED) is 0.653. The fourth-order valence-electron chi connectivity index (χ4n) is 2.15. The highest BCUT2D eigenvalue weighted by Gasteiger charge is 2.15. The average Bonchev–Trinajstić information content (AvgIpc) is 2.54. The maximum Gasteiger partial charge on any atom is 0.280 e. The van der Waals surface area contributed by atoms with Crippen molar-refractivity contribution < 1.29 is 9.53 Å². The van der Waals surface area contributed by atoms with Crippen molar-refractivity contribution in [3.63, 3.8) is 0 Å². The number of carbonyl (C=O) groups is 1. The van der Waals surface area contributed by atoms with E-state index >= 15 is 0 Å². The number of hydrazone groups is 1. The van der Waals surface area contributed by atoms with Gasteiger partial charge in [0.1, 0.15) is 5.75 Å². The molecule has 0 aromatic heterocycles. The zero-order valence-corrected chi connectivity index (χ0v) is 15.0. The zero-order chi connectivity index (χ0) is 17.7. The normalized spacial score (nSPS) is 12.2. The molecule has 0 saturated heterocycles. The van der Waals surface area contributed by atoms with Crippen LogP contribution >= 0.6 is 11.6 Å². The van der Waals surface area contributed by atoms with E-state index in [9.17, 15) is 4.79 Å². The van der Waals surface area contributed by atoms with Crippen LogP contribution in [0.5, 0.6) is 5.75 Å². The molecule has 1 amide bonds. The average molecular weight is 345 g/mol. The van der Waals surface area contributed by atoms with E-state index in [0.29, 0.717) is 10.8 Å². The summed E-state index contributed by atoms with van der Waals surface area (Å²) in [6, 6.07) is 11.5. The second kappa shape index (κ2) is 7.97. The minimum Gasteiger partial charge on any atom is -0.481 e. The standard InChI is InChI=1S/C19H21ClN2O2/c1-12-5-7-16(8-6-12)11-21-22-19(23)15(4)24-17-9-13(2)18(20)14(3)10-17/h5-11,15H,1-4H3,(H,22,23)/b21-11+. The van der Waals surface area contributed by atoms with Crippen LogP contribution < -0.4 is 10.2 Å². The molecule has 0 fully saturated rings. The van der Waals surface area contributed by atoms with Gasteiger partial charge in [-0.05, 0) is 56.5 Å². The minimum atomic E-state index is -0.667. The number of carbonyl (C=O) groups excluding carboxylic acids is 1. The van der Waals surface area contributed by atoms with Gasteiger partial charge < -0.3 is 4.74 Å². The van der Waals surface area contributed by atoms with Gasteiger partial charge in [0.2, 0.25) is 0 Å². The predicted molar refractivity (Wildman–Crippen MR) is 97.9 cm³/mol. The first kappa shape index (κ1) is 18.0.